The maximum Gasteiger partial charge on any atom is 0.253 e. The number of hydrogen-bond acceptors (Lipinski definition) is 4. The monoisotopic (exact) mass is 344 g/mol. The molecule has 2 aromatic rings. The lowest BCUT2D eigenvalue weighted by Crippen LogP contribution is -2.49. The number of nitrogens with zero attached hydrogens (tertiary/aromatic N) is 2. The summed E-state index contributed by atoms with van der Waals surface area (Å²) in [7, 11) is 1.82. The normalized spacial score (nSPS) is 27.2. The molecule has 1 saturated heterocycles. The number of thiazole rings is 1. The minimum Gasteiger partial charge on any atom is -0.381 e. The number of fused-ring (bicyclic) bond motifs is 1. The van der Waals surface area contributed by atoms with Crippen LogP contribution in [0, 0.1) is 12.3 Å². The van der Waals surface area contributed by atoms with E-state index in [1.807, 2.05) is 32.2 Å². The van der Waals surface area contributed by atoms with Gasteiger partial charge in [0.25, 0.3) is 5.91 Å². The van der Waals surface area contributed by atoms with Crippen molar-refractivity contribution in [2.75, 3.05) is 20.2 Å². The number of piperidine rings is 1. The third-order valence-electron chi connectivity index (χ3n) is 5.75. The van der Waals surface area contributed by atoms with Crippen LogP contribution in [0.15, 0.2) is 18.2 Å². The van der Waals surface area contributed by atoms with Crippen LogP contribution in [-0.4, -0.2) is 42.1 Å². The first-order chi connectivity index (χ1) is 11.6. The van der Waals surface area contributed by atoms with Gasteiger partial charge in [-0.25, -0.2) is 4.98 Å². The maximum atomic E-state index is 13.1. The molecule has 0 unspecified atom stereocenters. The van der Waals surface area contributed by atoms with E-state index in [1.54, 1.807) is 11.3 Å². The van der Waals surface area contributed by atoms with Gasteiger partial charge in [0.15, 0.2) is 0 Å². The van der Waals surface area contributed by atoms with Gasteiger partial charge in [-0.15, -0.1) is 11.3 Å². The predicted molar refractivity (Wildman–Crippen MR) is 96.6 cm³/mol. The first-order valence-electron chi connectivity index (χ1n) is 8.81. The van der Waals surface area contributed by atoms with Gasteiger partial charge in [-0.3, -0.25) is 4.79 Å². The molecule has 2 atom stereocenters. The Kier molecular flexibility index (Phi) is 4.09. The van der Waals surface area contributed by atoms with Crippen molar-refractivity contribution in [2.45, 2.75) is 45.1 Å². The van der Waals surface area contributed by atoms with Crippen molar-refractivity contribution in [1.29, 1.82) is 0 Å². The Morgan fingerprint density at radius 1 is 1.38 bits per heavy atom. The minimum absolute atomic E-state index is 0.156. The summed E-state index contributed by atoms with van der Waals surface area (Å²) in [4.78, 5) is 19.6. The summed E-state index contributed by atoms with van der Waals surface area (Å²) < 4.78 is 6.85. The van der Waals surface area contributed by atoms with Crippen LogP contribution in [0.5, 0.6) is 0 Å². The van der Waals surface area contributed by atoms with Crippen molar-refractivity contribution < 1.29 is 9.53 Å². The molecule has 0 bridgehead atoms. The molecule has 1 amide bonds. The Morgan fingerprint density at radius 2 is 2.21 bits per heavy atom. The van der Waals surface area contributed by atoms with E-state index in [0.717, 1.165) is 46.7 Å². The summed E-state index contributed by atoms with van der Waals surface area (Å²) in [6.07, 6.45) is 6.09. The molecule has 1 saturated carbocycles. The van der Waals surface area contributed by atoms with Crippen LogP contribution < -0.4 is 0 Å². The highest BCUT2D eigenvalue weighted by molar-refractivity contribution is 7.18. The van der Waals surface area contributed by atoms with Gasteiger partial charge >= 0.3 is 0 Å². The molecule has 24 heavy (non-hydrogen) atoms. The molecular formula is C19H24N2O2S. The fraction of sp³-hybridized carbons (Fsp3) is 0.579. The van der Waals surface area contributed by atoms with E-state index in [1.165, 1.54) is 19.3 Å². The van der Waals surface area contributed by atoms with Crippen LogP contribution in [-0.2, 0) is 4.74 Å². The lowest BCUT2D eigenvalue weighted by molar-refractivity contribution is -0.0295. The summed E-state index contributed by atoms with van der Waals surface area (Å²) in [5, 5.41) is 1.04. The second-order valence-corrected chi connectivity index (χ2v) is 8.46. The van der Waals surface area contributed by atoms with Crippen molar-refractivity contribution in [1.82, 2.24) is 9.88 Å². The molecule has 5 heteroatoms. The van der Waals surface area contributed by atoms with Crippen LogP contribution in [0.4, 0.5) is 0 Å². The maximum absolute atomic E-state index is 13.1. The standard InChI is InChI=1S/C19H24N2O2S/c1-13-20-15-7-6-14(11-16(15)24-13)18(22)21-10-4-9-19(12-21)8-3-5-17(19)23-2/h6-7,11,17H,3-5,8-10,12H2,1-2H3/t17-,19-/m1/s1. The van der Waals surface area contributed by atoms with Gasteiger partial charge in [-0.1, -0.05) is 6.42 Å². The topological polar surface area (TPSA) is 42.4 Å². The third-order valence-corrected chi connectivity index (χ3v) is 6.68. The molecule has 2 aliphatic rings. The summed E-state index contributed by atoms with van der Waals surface area (Å²) >= 11 is 1.65. The smallest absolute Gasteiger partial charge is 0.253 e. The van der Waals surface area contributed by atoms with Gasteiger partial charge in [0.2, 0.25) is 0 Å². The number of aryl methyl sites for hydroxylation is 1. The highest BCUT2D eigenvalue weighted by Crippen LogP contribution is 2.46. The Balaban J connectivity index is 1.58. The Hall–Kier alpha value is -1.46. The van der Waals surface area contributed by atoms with E-state index >= 15 is 0 Å². The van der Waals surface area contributed by atoms with E-state index in [0.29, 0.717) is 6.10 Å². The first-order valence-corrected chi connectivity index (χ1v) is 9.62. The zero-order valence-electron chi connectivity index (χ0n) is 14.4. The van der Waals surface area contributed by atoms with Crippen molar-refractivity contribution in [3.8, 4) is 0 Å². The molecule has 0 N–H and O–H groups in total. The molecule has 1 aromatic heterocycles. The number of rotatable bonds is 2. The molecule has 1 aromatic carbocycles. The van der Waals surface area contributed by atoms with Gasteiger partial charge in [0, 0.05) is 31.2 Å². The van der Waals surface area contributed by atoms with Crippen molar-refractivity contribution in [2.24, 2.45) is 5.41 Å². The van der Waals surface area contributed by atoms with Crippen LogP contribution in [0.3, 0.4) is 0 Å². The highest BCUT2D eigenvalue weighted by atomic mass is 32.1. The molecule has 4 nitrogen and oxygen atoms in total. The average Bonchev–Trinajstić information content (AvgIpc) is 3.15. The Bertz CT molecular complexity index is 772. The molecule has 4 rings (SSSR count). The van der Waals surface area contributed by atoms with Crippen molar-refractivity contribution in [3.63, 3.8) is 0 Å². The fourth-order valence-electron chi connectivity index (χ4n) is 4.63. The number of amides is 1. The number of ether oxygens (including phenoxy) is 1. The number of hydrogen-bond donors (Lipinski definition) is 0. The zero-order chi connectivity index (χ0) is 16.7. The van der Waals surface area contributed by atoms with Gasteiger partial charge in [0.05, 0.1) is 21.3 Å². The molecule has 2 heterocycles. The van der Waals surface area contributed by atoms with Gasteiger partial charge < -0.3 is 9.64 Å². The van der Waals surface area contributed by atoms with E-state index in [9.17, 15) is 4.79 Å². The van der Waals surface area contributed by atoms with E-state index in [-0.39, 0.29) is 11.3 Å². The van der Waals surface area contributed by atoms with Gasteiger partial charge in [-0.05, 0) is 50.8 Å². The molecule has 1 aliphatic carbocycles. The number of carbonyl (C=O) groups excluding carboxylic acids is 1. The van der Waals surface area contributed by atoms with E-state index < -0.39 is 0 Å². The molecular weight excluding hydrogens is 320 g/mol. The quantitative estimate of drug-likeness (QED) is 0.826. The van der Waals surface area contributed by atoms with Crippen LogP contribution in [0.2, 0.25) is 0 Å². The summed E-state index contributed by atoms with van der Waals surface area (Å²) in [6.45, 7) is 3.70. The number of benzene rings is 1. The SMILES string of the molecule is CO[C@@H]1CCC[C@]12CCCN(C(=O)c1ccc3nc(C)sc3c1)C2. The summed E-state index contributed by atoms with van der Waals surface area (Å²) in [5.41, 5.74) is 1.95. The van der Waals surface area contributed by atoms with E-state index in [4.69, 9.17) is 4.74 Å². The van der Waals surface area contributed by atoms with Crippen LogP contribution in [0.1, 0.15) is 47.5 Å². The van der Waals surface area contributed by atoms with Gasteiger partial charge in [0.1, 0.15) is 0 Å². The molecule has 1 spiro atoms. The Morgan fingerprint density at radius 3 is 3.04 bits per heavy atom. The largest absolute Gasteiger partial charge is 0.381 e. The Labute approximate surface area is 146 Å². The first kappa shape index (κ1) is 16.0. The van der Waals surface area contributed by atoms with Crippen LogP contribution in [0.25, 0.3) is 10.2 Å². The molecule has 0 radical (unpaired) electrons. The van der Waals surface area contributed by atoms with Gasteiger partial charge in [-0.2, -0.15) is 0 Å². The minimum atomic E-state index is 0.156. The van der Waals surface area contributed by atoms with Crippen molar-refractivity contribution >= 4 is 27.5 Å². The van der Waals surface area contributed by atoms with Crippen molar-refractivity contribution in [3.05, 3.63) is 28.8 Å². The van der Waals surface area contributed by atoms with Crippen LogP contribution >= 0.6 is 11.3 Å². The molecule has 128 valence electrons. The molecule has 1 aliphatic heterocycles. The predicted octanol–water partition coefficient (Wildman–Crippen LogP) is 4.03. The number of likely N-dealkylation sites (tertiary alicyclic amines) is 1. The second-order valence-electron chi connectivity index (χ2n) is 7.22. The summed E-state index contributed by atoms with van der Waals surface area (Å²) in [6, 6.07) is 5.90. The zero-order valence-corrected chi connectivity index (χ0v) is 15.2. The third kappa shape index (κ3) is 2.64. The summed E-state index contributed by atoms with van der Waals surface area (Å²) in [5.74, 6) is 0.156. The number of carbonyl (C=O) groups is 1. The lowest BCUT2D eigenvalue weighted by Gasteiger charge is -2.43. The second kappa shape index (κ2) is 6.12. The average molecular weight is 344 g/mol. The highest BCUT2D eigenvalue weighted by Gasteiger charge is 2.46. The van der Waals surface area contributed by atoms with E-state index in [2.05, 4.69) is 9.88 Å². The molecule has 2 fully saturated rings. The number of methoxy groups -OCH3 is 1. The fourth-order valence-corrected chi connectivity index (χ4v) is 5.50. The number of aromatic nitrogens is 1. The lowest BCUT2D eigenvalue weighted by atomic mass is 9.76.